The molecule has 0 aliphatic heterocycles. The van der Waals surface area contributed by atoms with Crippen LogP contribution in [0, 0.1) is 11.7 Å². The monoisotopic (exact) mass is 248 g/mol. The zero-order chi connectivity index (χ0) is 12.6. The van der Waals surface area contributed by atoms with E-state index in [4.69, 9.17) is 0 Å². The maximum Gasteiger partial charge on any atom is 0.419 e. The van der Waals surface area contributed by atoms with Crippen molar-refractivity contribution in [1.29, 1.82) is 0 Å². The van der Waals surface area contributed by atoms with E-state index < -0.39 is 23.7 Å². The number of hydrogen-bond donors (Lipinski definition) is 1. The Balaban J connectivity index is 2.27. The Labute approximate surface area is 96.1 Å². The van der Waals surface area contributed by atoms with Gasteiger partial charge in [-0.3, -0.25) is 0 Å². The van der Waals surface area contributed by atoms with E-state index in [0.717, 1.165) is 18.9 Å². The van der Waals surface area contributed by atoms with Crippen molar-refractivity contribution in [2.45, 2.75) is 31.5 Å². The van der Waals surface area contributed by atoms with E-state index in [9.17, 15) is 22.7 Å². The quantitative estimate of drug-likeness (QED) is 0.809. The predicted octanol–water partition coefficient (Wildman–Crippen LogP) is 3.68. The van der Waals surface area contributed by atoms with Gasteiger partial charge < -0.3 is 5.11 Å². The van der Waals surface area contributed by atoms with Gasteiger partial charge in [0.05, 0.1) is 11.7 Å². The SMILES string of the molecule is OC(CC1CC1)c1cccc(C(F)(F)F)c1F. The molecule has 1 saturated carbocycles. The summed E-state index contributed by atoms with van der Waals surface area (Å²) in [5.41, 5.74) is -1.57. The number of aliphatic hydroxyl groups excluding tert-OH is 1. The van der Waals surface area contributed by atoms with Gasteiger partial charge in [-0.15, -0.1) is 0 Å². The molecule has 0 saturated heterocycles. The molecule has 1 aliphatic rings. The molecule has 17 heavy (non-hydrogen) atoms. The normalized spacial score (nSPS) is 18.2. The Bertz CT molecular complexity index is 409. The predicted molar refractivity (Wildman–Crippen MR) is 53.7 cm³/mol. The number of aliphatic hydroxyl groups is 1. The lowest BCUT2D eigenvalue weighted by molar-refractivity contribution is -0.140. The Morgan fingerprint density at radius 2 is 1.94 bits per heavy atom. The minimum atomic E-state index is -4.72. The summed E-state index contributed by atoms with van der Waals surface area (Å²) in [6, 6.07) is 3.01. The van der Waals surface area contributed by atoms with E-state index in [0.29, 0.717) is 18.4 Å². The summed E-state index contributed by atoms with van der Waals surface area (Å²) in [4.78, 5) is 0. The summed E-state index contributed by atoms with van der Waals surface area (Å²) in [5, 5.41) is 9.69. The van der Waals surface area contributed by atoms with Crippen molar-refractivity contribution >= 4 is 0 Å². The highest BCUT2D eigenvalue weighted by Crippen LogP contribution is 2.40. The molecule has 0 radical (unpaired) electrons. The standard InChI is InChI=1S/C12H12F4O/c13-11-8(10(17)6-7-4-5-7)2-1-3-9(11)12(14,15)16/h1-3,7,10,17H,4-6H2. The molecule has 2 rings (SSSR count). The maximum atomic E-state index is 13.6. The van der Waals surface area contributed by atoms with E-state index in [2.05, 4.69) is 0 Å². The fourth-order valence-electron chi connectivity index (χ4n) is 1.82. The average Bonchev–Trinajstić information content (AvgIpc) is 3.00. The Morgan fingerprint density at radius 1 is 1.29 bits per heavy atom. The Hall–Kier alpha value is -1.10. The van der Waals surface area contributed by atoms with Crippen LogP contribution >= 0.6 is 0 Å². The zero-order valence-electron chi connectivity index (χ0n) is 8.97. The van der Waals surface area contributed by atoms with Crippen molar-refractivity contribution in [2.24, 2.45) is 5.92 Å². The van der Waals surface area contributed by atoms with Crippen molar-refractivity contribution < 1.29 is 22.7 Å². The van der Waals surface area contributed by atoms with Gasteiger partial charge in [-0.25, -0.2) is 4.39 Å². The van der Waals surface area contributed by atoms with Gasteiger partial charge in [-0.05, 0) is 18.4 Å². The van der Waals surface area contributed by atoms with E-state index in [1.54, 1.807) is 0 Å². The molecule has 1 atom stereocenters. The van der Waals surface area contributed by atoms with Crippen LogP contribution in [0.25, 0.3) is 0 Å². The molecule has 1 unspecified atom stereocenters. The zero-order valence-corrected chi connectivity index (χ0v) is 8.97. The van der Waals surface area contributed by atoms with E-state index in [1.165, 1.54) is 6.07 Å². The van der Waals surface area contributed by atoms with Crippen LogP contribution in [-0.4, -0.2) is 5.11 Å². The molecule has 0 amide bonds. The number of alkyl halides is 3. The number of hydrogen-bond acceptors (Lipinski definition) is 1. The number of rotatable bonds is 3. The smallest absolute Gasteiger partial charge is 0.388 e. The highest BCUT2D eigenvalue weighted by Gasteiger charge is 2.36. The first-order valence-electron chi connectivity index (χ1n) is 5.43. The van der Waals surface area contributed by atoms with Crippen molar-refractivity contribution in [2.75, 3.05) is 0 Å². The molecular formula is C12H12F4O. The van der Waals surface area contributed by atoms with Crippen LogP contribution in [-0.2, 0) is 6.18 Å². The minimum Gasteiger partial charge on any atom is -0.388 e. The highest BCUT2D eigenvalue weighted by molar-refractivity contribution is 5.29. The van der Waals surface area contributed by atoms with Crippen LogP contribution in [0.4, 0.5) is 17.6 Å². The number of halogens is 4. The van der Waals surface area contributed by atoms with Crippen molar-refractivity contribution in [3.8, 4) is 0 Å². The van der Waals surface area contributed by atoms with Crippen molar-refractivity contribution in [3.63, 3.8) is 0 Å². The lowest BCUT2D eigenvalue weighted by Crippen LogP contribution is -2.12. The van der Waals surface area contributed by atoms with Crippen LogP contribution in [0.15, 0.2) is 18.2 Å². The minimum absolute atomic E-state index is 0.258. The molecule has 1 aromatic rings. The summed E-state index contributed by atoms with van der Waals surface area (Å²) < 4.78 is 50.9. The lowest BCUT2D eigenvalue weighted by atomic mass is 10.0. The average molecular weight is 248 g/mol. The molecule has 5 heteroatoms. The second-order valence-corrected chi connectivity index (χ2v) is 4.40. The van der Waals surface area contributed by atoms with E-state index in [1.807, 2.05) is 0 Å². The summed E-state index contributed by atoms with van der Waals surface area (Å²) in [6.07, 6.45) is -3.63. The summed E-state index contributed by atoms with van der Waals surface area (Å²) in [7, 11) is 0. The molecule has 0 bridgehead atoms. The summed E-state index contributed by atoms with van der Waals surface area (Å²) in [5.74, 6) is -1.04. The van der Waals surface area contributed by atoms with Crippen LogP contribution in [0.5, 0.6) is 0 Å². The maximum absolute atomic E-state index is 13.6. The van der Waals surface area contributed by atoms with Gasteiger partial charge in [0.25, 0.3) is 0 Å². The van der Waals surface area contributed by atoms with Crippen LogP contribution < -0.4 is 0 Å². The fourth-order valence-corrected chi connectivity index (χ4v) is 1.82. The van der Waals surface area contributed by atoms with Crippen LogP contribution in [0.3, 0.4) is 0 Å². The highest BCUT2D eigenvalue weighted by atomic mass is 19.4. The molecule has 1 N–H and O–H groups in total. The molecule has 94 valence electrons. The van der Waals surface area contributed by atoms with Crippen LogP contribution in [0.1, 0.15) is 36.5 Å². The van der Waals surface area contributed by atoms with Gasteiger partial charge in [0.1, 0.15) is 5.82 Å². The largest absolute Gasteiger partial charge is 0.419 e. The first-order chi connectivity index (χ1) is 7.89. The molecule has 1 fully saturated rings. The first-order valence-corrected chi connectivity index (χ1v) is 5.43. The van der Waals surface area contributed by atoms with Gasteiger partial charge in [0.15, 0.2) is 0 Å². The first kappa shape index (κ1) is 12.4. The van der Waals surface area contributed by atoms with Gasteiger partial charge >= 0.3 is 6.18 Å². The van der Waals surface area contributed by atoms with E-state index >= 15 is 0 Å². The fraction of sp³-hybridized carbons (Fsp3) is 0.500. The third kappa shape index (κ3) is 2.77. The molecule has 1 aromatic carbocycles. The molecule has 0 aromatic heterocycles. The van der Waals surface area contributed by atoms with E-state index in [-0.39, 0.29) is 5.56 Å². The third-order valence-corrected chi connectivity index (χ3v) is 2.95. The third-order valence-electron chi connectivity index (χ3n) is 2.95. The van der Waals surface area contributed by atoms with Gasteiger partial charge in [0, 0.05) is 5.56 Å². The van der Waals surface area contributed by atoms with Gasteiger partial charge in [0.2, 0.25) is 0 Å². The van der Waals surface area contributed by atoms with Crippen molar-refractivity contribution in [1.82, 2.24) is 0 Å². The summed E-state index contributed by atoms with van der Waals surface area (Å²) in [6.45, 7) is 0. The van der Waals surface area contributed by atoms with Crippen LogP contribution in [0.2, 0.25) is 0 Å². The molecular weight excluding hydrogens is 236 g/mol. The Morgan fingerprint density at radius 3 is 2.47 bits per heavy atom. The Kier molecular flexibility index (Phi) is 3.12. The van der Waals surface area contributed by atoms with Gasteiger partial charge in [-0.1, -0.05) is 25.0 Å². The molecule has 0 heterocycles. The second kappa shape index (κ2) is 4.29. The second-order valence-electron chi connectivity index (χ2n) is 4.40. The molecule has 1 nitrogen and oxygen atoms in total. The van der Waals surface area contributed by atoms with Crippen molar-refractivity contribution in [3.05, 3.63) is 35.1 Å². The number of benzene rings is 1. The summed E-state index contributed by atoms with van der Waals surface area (Å²) >= 11 is 0. The van der Waals surface area contributed by atoms with Gasteiger partial charge in [-0.2, -0.15) is 13.2 Å². The topological polar surface area (TPSA) is 20.2 Å². The molecule has 1 aliphatic carbocycles. The lowest BCUT2D eigenvalue weighted by Gasteiger charge is -2.15. The molecule has 0 spiro atoms.